The second-order valence-corrected chi connectivity index (χ2v) is 4.63. The van der Waals surface area contributed by atoms with E-state index in [-0.39, 0.29) is 5.97 Å². The standard InChI is InChI=1S/C14H26O3/c1-6-8-17-14(15)13(10-16-7-2)12(5)9-11(3)4/h11H,6-10H2,1-5H3. The van der Waals surface area contributed by atoms with Crippen LogP contribution in [0.3, 0.4) is 0 Å². The highest BCUT2D eigenvalue weighted by molar-refractivity contribution is 5.89. The number of esters is 1. The molecule has 0 fully saturated rings. The Labute approximate surface area is 105 Å². The molecule has 0 N–H and O–H groups in total. The van der Waals surface area contributed by atoms with Gasteiger partial charge in [-0.2, -0.15) is 0 Å². The SMILES string of the molecule is CCCOC(=O)C(COCC)=C(C)CC(C)C. The maximum absolute atomic E-state index is 11.9. The molecule has 0 bridgehead atoms. The number of allylic oxidation sites excluding steroid dienone is 1. The van der Waals surface area contributed by atoms with Crippen LogP contribution in [0.1, 0.15) is 47.5 Å². The van der Waals surface area contributed by atoms with E-state index in [4.69, 9.17) is 9.47 Å². The summed E-state index contributed by atoms with van der Waals surface area (Å²) < 4.78 is 10.5. The van der Waals surface area contributed by atoms with Crippen LogP contribution in [-0.2, 0) is 14.3 Å². The molecule has 0 aliphatic rings. The molecule has 0 spiro atoms. The van der Waals surface area contributed by atoms with E-state index in [0.717, 1.165) is 18.4 Å². The minimum Gasteiger partial charge on any atom is -0.462 e. The minimum absolute atomic E-state index is 0.224. The number of carbonyl (C=O) groups is 1. The molecule has 3 heteroatoms. The average molecular weight is 242 g/mol. The van der Waals surface area contributed by atoms with E-state index < -0.39 is 0 Å². The van der Waals surface area contributed by atoms with Crippen molar-refractivity contribution in [2.75, 3.05) is 19.8 Å². The van der Waals surface area contributed by atoms with Gasteiger partial charge in [-0.3, -0.25) is 0 Å². The van der Waals surface area contributed by atoms with Crippen molar-refractivity contribution in [2.45, 2.75) is 47.5 Å². The Kier molecular flexibility index (Phi) is 8.78. The predicted octanol–water partition coefficient (Wildman–Crippen LogP) is 3.34. The Hall–Kier alpha value is -0.830. The van der Waals surface area contributed by atoms with E-state index in [0.29, 0.717) is 31.3 Å². The number of rotatable bonds is 8. The summed E-state index contributed by atoms with van der Waals surface area (Å²) in [6, 6.07) is 0. The minimum atomic E-state index is -0.224. The molecule has 100 valence electrons. The van der Waals surface area contributed by atoms with Crippen molar-refractivity contribution in [3.8, 4) is 0 Å². The van der Waals surface area contributed by atoms with Crippen LogP contribution in [-0.4, -0.2) is 25.8 Å². The van der Waals surface area contributed by atoms with Crippen molar-refractivity contribution < 1.29 is 14.3 Å². The van der Waals surface area contributed by atoms with E-state index in [1.807, 2.05) is 20.8 Å². The van der Waals surface area contributed by atoms with Crippen LogP contribution >= 0.6 is 0 Å². The molecule has 0 unspecified atom stereocenters. The van der Waals surface area contributed by atoms with Gasteiger partial charge in [0.25, 0.3) is 0 Å². The van der Waals surface area contributed by atoms with E-state index >= 15 is 0 Å². The van der Waals surface area contributed by atoms with Crippen LogP contribution in [0.4, 0.5) is 0 Å². The first-order valence-corrected chi connectivity index (χ1v) is 6.46. The highest BCUT2D eigenvalue weighted by atomic mass is 16.5. The molecule has 0 heterocycles. The van der Waals surface area contributed by atoms with Crippen LogP contribution in [0.2, 0.25) is 0 Å². The lowest BCUT2D eigenvalue weighted by Crippen LogP contribution is -2.16. The number of hydrogen-bond acceptors (Lipinski definition) is 3. The summed E-state index contributed by atoms with van der Waals surface area (Å²) in [5.41, 5.74) is 1.77. The summed E-state index contributed by atoms with van der Waals surface area (Å²) in [5.74, 6) is 0.309. The molecule has 0 aliphatic carbocycles. The van der Waals surface area contributed by atoms with Gasteiger partial charge in [-0.25, -0.2) is 4.79 Å². The van der Waals surface area contributed by atoms with Crippen molar-refractivity contribution in [3.05, 3.63) is 11.1 Å². The fourth-order valence-corrected chi connectivity index (χ4v) is 1.58. The van der Waals surface area contributed by atoms with Gasteiger partial charge < -0.3 is 9.47 Å². The molecule has 17 heavy (non-hydrogen) atoms. The van der Waals surface area contributed by atoms with Crippen LogP contribution in [0.25, 0.3) is 0 Å². The molecule has 0 aliphatic heterocycles. The molecule has 0 aromatic carbocycles. The van der Waals surface area contributed by atoms with Gasteiger partial charge in [0.2, 0.25) is 0 Å². The van der Waals surface area contributed by atoms with Crippen LogP contribution in [0.15, 0.2) is 11.1 Å². The predicted molar refractivity (Wildman–Crippen MR) is 69.9 cm³/mol. The monoisotopic (exact) mass is 242 g/mol. The van der Waals surface area contributed by atoms with Crippen LogP contribution in [0, 0.1) is 5.92 Å². The summed E-state index contributed by atoms with van der Waals surface area (Å²) in [4.78, 5) is 11.9. The number of ether oxygens (including phenoxy) is 2. The van der Waals surface area contributed by atoms with Gasteiger partial charge in [-0.15, -0.1) is 0 Å². The highest BCUT2D eigenvalue weighted by Crippen LogP contribution is 2.16. The molecule has 0 aromatic rings. The zero-order chi connectivity index (χ0) is 13.3. The van der Waals surface area contributed by atoms with E-state index in [1.54, 1.807) is 0 Å². The maximum Gasteiger partial charge on any atom is 0.336 e. The summed E-state index contributed by atoms with van der Waals surface area (Å²) in [5, 5.41) is 0. The fourth-order valence-electron chi connectivity index (χ4n) is 1.58. The average Bonchev–Trinajstić information content (AvgIpc) is 2.25. The first-order chi connectivity index (χ1) is 8.02. The summed E-state index contributed by atoms with van der Waals surface area (Å²) in [6.07, 6.45) is 1.75. The van der Waals surface area contributed by atoms with Gasteiger partial charge >= 0.3 is 5.97 Å². The molecule has 0 aromatic heterocycles. The van der Waals surface area contributed by atoms with Crippen molar-refractivity contribution in [3.63, 3.8) is 0 Å². The lowest BCUT2D eigenvalue weighted by atomic mass is 10.00. The molecular formula is C14H26O3. The van der Waals surface area contributed by atoms with Gasteiger partial charge in [-0.05, 0) is 32.6 Å². The first-order valence-electron chi connectivity index (χ1n) is 6.46. The third kappa shape index (κ3) is 7.16. The van der Waals surface area contributed by atoms with E-state index in [1.165, 1.54) is 0 Å². The molecule has 0 saturated carbocycles. The Balaban J connectivity index is 4.65. The lowest BCUT2D eigenvalue weighted by molar-refractivity contribution is -0.139. The largest absolute Gasteiger partial charge is 0.462 e. The first kappa shape index (κ1) is 16.2. The van der Waals surface area contributed by atoms with Crippen molar-refractivity contribution in [1.82, 2.24) is 0 Å². The summed E-state index contributed by atoms with van der Waals surface area (Å²) >= 11 is 0. The van der Waals surface area contributed by atoms with E-state index in [9.17, 15) is 4.79 Å². The fraction of sp³-hybridized carbons (Fsp3) is 0.786. The molecule has 0 rings (SSSR count). The van der Waals surface area contributed by atoms with E-state index in [2.05, 4.69) is 13.8 Å². The molecule has 0 amide bonds. The van der Waals surface area contributed by atoms with Crippen LogP contribution < -0.4 is 0 Å². The Morgan fingerprint density at radius 2 is 1.88 bits per heavy atom. The maximum atomic E-state index is 11.9. The third-order valence-electron chi connectivity index (χ3n) is 2.36. The van der Waals surface area contributed by atoms with Crippen LogP contribution in [0.5, 0.6) is 0 Å². The molecule has 0 radical (unpaired) electrons. The normalized spacial score (nSPS) is 12.6. The summed E-state index contributed by atoms with van der Waals surface area (Å²) in [6.45, 7) is 11.6. The third-order valence-corrected chi connectivity index (χ3v) is 2.36. The van der Waals surface area contributed by atoms with Gasteiger partial charge in [0.1, 0.15) is 0 Å². The number of hydrogen-bond donors (Lipinski definition) is 0. The molecule has 3 nitrogen and oxygen atoms in total. The van der Waals surface area contributed by atoms with Gasteiger partial charge in [0, 0.05) is 6.61 Å². The van der Waals surface area contributed by atoms with Crippen molar-refractivity contribution in [1.29, 1.82) is 0 Å². The van der Waals surface area contributed by atoms with Gasteiger partial charge in [-0.1, -0.05) is 26.3 Å². The molecule has 0 saturated heterocycles. The zero-order valence-corrected chi connectivity index (χ0v) is 11.8. The Morgan fingerprint density at radius 1 is 1.24 bits per heavy atom. The second-order valence-electron chi connectivity index (χ2n) is 4.63. The zero-order valence-electron chi connectivity index (χ0n) is 11.8. The molecule has 0 atom stereocenters. The van der Waals surface area contributed by atoms with Gasteiger partial charge in [0.15, 0.2) is 0 Å². The van der Waals surface area contributed by atoms with Crippen molar-refractivity contribution >= 4 is 5.97 Å². The topological polar surface area (TPSA) is 35.5 Å². The number of carbonyl (C=O) groups excluding carboxylic acids is 1. The Morgan fingerprint density at radius 3 is 2.35 bits per heavy atom. The van der Waals surface area contributed by atoms with Gasteiger partial charge in [0.05, 0.1) is 18.8 Å². The second kappa shape index (κ2) is 9.23. The summed E-state index contributed by atoms with van der Waals surface area (Å²) in [7, 11) is 0. The smallest absolute Gasteiger partial charge is 0.336 e. The van der Waals surface area contributed by atoms with Crippen molar-refractivity contribution in [2.24, 2.45) is 5.92 Å². The highest BCUT2D eigenvalue weighted by Gasteiger charge is 2.15. The quantitative estimate of drug-likeness (QED) is 0.484. The Bertz CT molecular complexity index is 254. The lowest BCUT2D eigenvalue weighted by Gasteiger charge is -2.13. The molecular weight excluding hydrogens is 216 g/mol.